The van der Waals surface area contributed by atoms with E-state index in [-0.39, 0.29) is 0 Å². The van der Waals surface area contributed by atoms with E-state index in [2.05, 4.69) is 44.4 Å². The number of imidazole rings is 1. The molecule has 2 aromatic heterocycles. The number of nitrogens with zero attached hydrogens (tertiary/aromatic N) is 2. The molecule has 0 saturated carbocycles. The molecule has 110 valence electrons. The van der Waals surface area contributed by atoms with Crippen molar-refractivity contribution in [3.05, 3.63) is 59.4 Å². The van der Waals surface area contributed by atoms with Crippen LogP contribution in [0.3, 0.4) is 0 Å². The van der Waals surface area contributed by atoms with Crippen molar-refractivity contribution in [2.75, 3.05) is 0 Å². The van der Waals surface area contributed by atoms with Gasteiger partial charge in [0.05, 0.1) is 17.7 Å². The summed E-state index contributed by atoms with van der Waals surface area (Å²) in [6, 6.07) is 6.76. The molecule has 4 rings (SSSR count). The average Bonchev–Trinajstić information content (AvgIpc) is 3.19. The van der Waals surface area contributed by atoms with Crippen LogP contribution in [0.2, 0.25) is 0 Å². The molecule has 1 aromatic carbocycles. The molecule has 1 aliphatic rings. The van der Waals surface area contributed by atoms with Crippen LogP contribution in [0.1, 0.15) is 35.4 Å². The van der Waals surface area contributed by atoms with Gasteiger partial charge in [-0.05, 0) is 60.6 Å². The minimum Gasteiger partial charge on any atom is -0.351 e. The fourth-order valence-corrected chi connectivity index (χ4v) is 3.19. The van der Waals surface area contributed by atoms with Crippen LogP contribution in [0.15, 0.2) is 36.9 Å². The molecule has 0 spiro atoms. The third kappa shape index (κ3) is 2.26. The summed E-state index contributed by atoms with van der Waals surface area (Å²) >= 11 is 0. The molecule has 0 fully saturated rings. The Morgan fingerprint density at radius 1 is 1.14 bits per heavy atom. The van der Waals surface area contributed by atoms with Crippen molar-refractivity contribution in [2.45, 2.75) is 26.2 Å². The SMILES string of the molecule is Cc1n[nH]cc1-c1ccc2c(c1)/C(=C/c1c[nH]cn1)CCC2. The van der Waals surface area contributed by atoms with Crippen molar-refractivity contribution in [2.24, 2.45) is 0 Å². The van der Waals surface area contributed by atoms with E-state index in [1.54, 1.807) is 6.33 Å². The summed E-state index contributed by atoms with van der Waals surface area (Å²) in [5.41, 5.74) is 8.58. The van der Waals surface area contributed by atoms with E-state index in [0.717, 1.165) is 24.2 Å². The highest BCUT2D eigenvalue weighted by Crippen LogP contribution is 2.35. The maximum absolute atomic E-state index is 4.32. The highest BCUT2D eigenvalue weighted by molar-refractivity contribution is 5.85. The maximum Gasteiger partial charge on any atom is 0.0927 e. The molecule has 4 heteroatoms. The quantitative estimate of drug-likeness (QED) is 0.750. The van der Waals surface area contributed by atoms with Crippen LogP contribution in [0.25, 0.3) is 22.8 Å². The number of H-pyrrole nitrogens is 2. The van der Waals surface area contributed by atoms with Crippen LogP contribution in [0, 0.1) is 6.92 Å². The second-order valence-electron chi connectivity index (χ2n) is 5.77. The van der Waals surface area contributed by atoms with Crippen molar-refractivity contribution in [3.8, 4) is 11.1 Å². The number of allylic oxidation sites excluding steroid dienone is 1. The number of fused-ring (bicyclic) bond motifs is 1. The van der Waals surface area contributed by atoms with Gasteiger partial charge >= 0.3 is 0 Å². The third-order valence-corrected chi connectivity index (χ3v) is 4.33. The number of aromatic nitrogens is 4. The van der Waals surface area contributed by atoms with Gasteiger partial charge in [-0.25, -0.2) is 4.98 Å². The number of nitrogens with one attached hydrogen (secondary N) is 2. The first-order chi connectivity index (χ1) is 10.8. The summed E-state index contributed by atoms with van der Waals surface area (Å²) < 4.78 is 0. The molecule has 0 amide bonds. The molecule has 1 aliphatic carbocycles. The molecular weight excluding hydrogens is 272 g/mol. The smallest absolute Gasteiger partial charge is 0.0927 e. The van der Waals surface area contributed by atoms with Crippen molar-refractivity contribution in [3.63, 3.8) is 0 Å². The maximum atomic E-state index is 4.32. The number of aryl methyl sites for hydroxylation is 2. The third-order valence-electron chi connectivity index (χ3n) is 4.33. The number of hydrogen-bond acceptors (Lipinski definition) is 2. The number of rotatable bonds is 2. The van der Waals surface area contributed by atoms with E-state index < -0.39 is 0 Å². The van der Waals surface area contributed by atoms with Gasteiger partial charge in [-0.15, -0.1) is 0 Å². The highest BCUT2D eigenvalue weighted by Gasteiger charge is 2.16. The lowest BCUT2D eigenvalue weighted by atomic mass is 9.85. The van der Waals surface area contributed by atoms with Gasteiger partial charge in [-0.3, -0.25) is 5.10 Å². The number of hydrogen-bond donors (Lipinski definition) is 2. The zero-order chi connectivity index (χ0) is 14.9. The lowest BCUT2D eigenvalue weighted by Gasteiger charge is -2.20. The van der Waals surface area contributed by atoms with Crippen LogP contribution in [0.4, 0.5) is 0 Å². The predicted molar refractivity (Wildman–Crippen MR) is 88.2 cm³/mol. The molecule has 4 nitrogen and oxygen atoms in total. The van der Waals surface area contributed by atoms with E-state index >= 15 is 0 Å². The zero-order valence-electron chi connectivity index (χ0n) is 12.6. The van der Waals surface area contributed by atoms with Gasteiger partial charge in [0.1, 0.15) is 0 Å². The fourth-order valence-electron chi connectivity index (χ4n) is 3.19. The lowest BCUT2D eigenvalue weighted by molar-refractivity contribution is 0.824. The van der Waals surface area contributed by atoms with E-state index in [1.807, 2.05) is 19.3 Å². The van der Waals surface area contributed by atoms with Gasteiger partial charge < -0.3 is 4.98 Å². The van der Waals surface area contributed by atoms with E-state index in [9.17, 15) is 0 Å². The van der Waals surface area contributed by atoms with Gasteiger partial charge in [-0.1, -0.05) is 12.1 Å². The van der Waals surface area contributed by atoms with Crippen LogP contribution in [-0.2, 0) is 6.42 Å². The zero-order valence-corrected chi connectivity index (χ0v) is 12.6. The molecule has 0 aliphatic heterocycles. The molecule has 0 radical (unpaired) electrons. The Hall–Kier alpha value is -2.62. The fraction of sp³-hybridized carbons (Fsp3) is 0.222. The first-order valence-corrected chi connectivity index (χ1v) is 7.64. The molecule has 0 atom stereocenters. The molecule has 0 bridgehead atoms. The average molecular weight is 290 g/mol. The Morgan fingerprint density at radius 3 is 2.86 bits per heavy atom. The normalized spacial score (nSPS) is 16.0. The Bertz CT molecular complexity index is 825. The first-order valence-electron chi connectivity index (χ1n) is 7.64. The van der Waals surface area contributed by atoms with Crippen LogP contribution in [-0.4, -0.2) is 20.2 Å². The van der Waals surface area contributed by atoms with Gasteiger partial charge in [0.15, 0.2) is 0 Å². The van der Waals surface area contributed by atoms with Crippen molar-refractivity contribution < 1.29 is 0 Å². The molecular formula is C18H18N4. The molecule has 0 unspecified atom stereocenters. The predicted octanol–water partition coefficient (Wildman–Crippen LogP) is 3.99. The second-order valence-corrected chi connectivity index (χ2v) is 5.77. The second kappa shape index (κ2) is 5.30. The standard InChI is InChI=1S/C18H18N4/c1-12-18(10-21-22-12)15-6-5-13-3-2-4-14(17(13)8-15)7-16-9-19-11-20-16/h5-11H,2-4H2,1H3,(H,19,20)(H,21,22)/b14-7+. The molecule has 3 aromatic rings. The summed E-state index contributed by atoms with van der Waals surface area (Å²) in [6.45, 7) is 2.03. The minimum absolute atomic E-state index is 0.993. The monoisotopic (exact) mass is 290 g/mol. The Kier molecular flexibility index (Phi) is 3.15. The van der Waals surface area contributed by atoms with Crippen molar-refractivity contribution in [1.82, 2.24) is 20.2 Å². The summed E-state index contributed by atoms with van der Waals surface area (Å²) in [7, 11) is 0. The van der Waals surface area contributed by atoms with E-state index in [4.69, 9.17) is 0 Å². The first kappa shape index (κ1) is 13.1. The Labute approximate surface area is 129 Å². The van der Waals surface area contributed by atoms with Gasteiger partial charge in [0.2, 0.25) is 0 Å². The van der Waals surface area contributed by atoms with Crippen molar-refractivity contribution >= 4 is 11.6 Å². The topological polar surface area (TPSA) is 57.4 Å². The van der Waals surface area contributed by atoms with Gasteiger partial charge in [0, 0.05) is 18.0 Å². The summed E-state index contributed by atoms with van der Waals surface area (Å²) in [4.78, 5) is 7.34. The number of aromatic amines is 2. The van der Waals surface area contributed by atoms with Crippen LogP contribution >= 0.6 is 0 Å². The van der Waals surface area contributed by atoms with Crippen LogP contribution in [0.5, 0.6) is 0 Å². The Balaban J connectivity index is 1.81. The molecule has 0 saturated heterocycles. The summed E-state index contributed by atoms with van der Waals surface area (Å²) in [6.07, 6.45) is 11.3. The summed E-state index contributed by atoms with van der Waals surface area (Å²) in [5, 5.41) is 7.18. The van der Waals surface area contributed by atoms with Crippen molar-refractivity contribution in [1.29, 1.82) is 0 Å². The van der Waals surface area contributed by atoms with Gasteiger partial charge in [-0.2, -0.15) is 5.10 Å². The molecule has 2 N–H and O–H groups in total. The minimum atomic E-state index is 0.993. The molecule has 2 heterocycles. The Morgan fingerprint density at radius 2 is 2.09 bits per heavy atom. The number of benzene rings is 1. The van der Waals surface area contributed by atoms with Gasteiger partial charge in [0.25, 0.3) is 0 Å². The summed E-state index contributed by atoms with van der Waals surface area (Å²) in [5.74, 6) is 0. The largest absolute Gasteiger partial charge is 0.351 e. The highest BCUT2D eigenvalue weighted by atomic mass is 15.1. The lowest BCUT2D eigenvalue weighted by Crippen LogP contribution is -2.02. The van der Waals surface area contributed by atoms with E-state index in [1.165, 1.54) is 34.2 Å². The van der Waals surface area contributed by atoms with Crippen LogP contribution < -0.4 is 0 Å². The van der Waals surface area contributed by atoms with E-state index in [0.29, 0.717) is 0 Å². The molecule has 22 heavy (non-hydrogen) atoms.